The Morgan fingerprint density at radius 2 is 1.73 bits per heavy atom. The van der Waals surface area contributed by atoms with Crippen LogP contribution in [0.5, 0.6) is 0 Å². The minimum atomic E-state index is -3.08. The summed E-state index contributed by atoms with van der Waals surface area (Å²) in [6, 6.07) is 14.1. The highest BCUT2D eigenvalue weighted by Crippen LogP contribution is 2.56. The minimum Gasteiger partial charge on any atom is -0.381 e. The fraction of sp³-hybridized carbons (Fsp3) is 0.364. The van der Waals surface area contributed by atoms with Gasteiger partial charge < -0.3 is 14.2 Å². The van der Waals surface area contributed by atoms with Crippen molar-refractivity contribution in [1.82, 2.24) is 43.5 Å². The van der Waals surface area contributed by atoms with E-state index in [1.165, 1.54) is 33.2 Å². The van der Waals surface area contributed by atoms with E-state index in [1.54, 1.807) is 54.0 Å². The van der Waals surface area contributed by atoms with Gasteiger partial charge in [-0.05, 0) is 111 Å². The molecular weight excluding hydrogens is 816 g/mol. The molecule has 1 saturated carbocycles. The summed E-state index contributed by atoms with van der Waals surface area (Å²) in [6.07, 6.45) is 8.67. The van der Waals surface area contributed by atoms with Crippen molar-refractivity contribution in [1.29, 1.82) is 4.78 Å². The smallest absolute Gasteiger partial charge is 0.381 e. The Balaban J connectivity index is 1.12. The van der Waals surface area contributed by atoms with Crippen molar-refractivity contribution < 1.29 is 22.7 Å². The van der Waals surface area contributed by atoms with E-state index in [4.69, 9.17) is 19.1 Å². The van der Waals surface area contributed by atoms with Crippen LogP contribution in [0, 0.1) is 30.4 Å². The average molecular weight is 861 g/mol. The number of hydrogen-bond acceptors (Lipinski definition) is 10. The third-order valence-corrected chi connectivity index (χ3v) is 14.1. The van der Waals surface area contributed by atoms with Crippen LogP contribution in [0.2, 0.25) is 0 Å². The number of halogens is 1. The summed E-state index contributed by atoms with van der Waals surface area (Å²) in [7, 11) is -3.08. The standard InChI is InChI=1S/C44H45FN10O6S/c1-24-18-32(19-25(2)38(24)45)55-39(53-15-14-52(43(53)58)31-7-9-36(47-23-31)62(5,46)59)37-27(4)51(13-10-33(37)49-55)40(56)35-21-30-20-29(28-11-16-60-17-12-28)6-8-34(30)54(35)44(22-26(44)3)41-48-42(57)61-50-41/h6-9,14-15,18-21,23,26-28,46H,10-13,16-17,22H2,1-5H3,(H,48,50,57)/t26-,27-,44-,62?/m0/s1. The number of benzene rings is 2. The molecule has 2 aromatic carbocycles. The molecule has 0 radical (unpaired) electrons. The second-order valence-corrected chi connectivity index (χ2v) is 19.1. The number of amides is 1. The second kappa shape index (κ2) is 14.3. The molecule has 16 nitrogen and oxygen atoms in total. The first-order chi connectivity index (χ1) is 29.6. The number of aryl methyl sites for hydroxylation is 2. The number of pyridine rings is 1. The molecule has 2 aliphatic heterocycles. The van der Waals surface area contributed by atoms with Gasteiger partial charge in [-0.1, -0.05) is 18.1 Å². The number of rotatable bonds is 8. The molecule has 320 valence electrons. The van der Waals surface area contributed by atoms with Gasteiger partial charge in [-0.2, -0.15) is 5.10 Å². The number of aromatic nitrogens is 8. The fourth-order valence-corrected chi connectivity index (χ4v) is 10.3. The first-order valence-corrected chi connectivity index (χ1v) is 22.6. The van der Waals surface area contributed by atoms with Crippen molar-refractivity contribution in [3.63, 3.8) is 0 Å². The summed E-state index contributed by atoms with van der Waals surface area (Å²) < 4.78 is 52.5. The van der Waals surface area contributed by atoms with Crippen LogP contribution in [-0.2, 0) is 26.4 Å². The van der Waals surface area contributed by atoms with E-state index in [1.807, 2.05) is 17.6 Å². The van der Waals surface area contributed by atoms with Gasteiger partial charge >= 0.3 is 11.4 Å². The van der Waals surface area contributed by atoms with E-state index in [9.17, 15) is 13.8 Å². The third-order valence-electron chi connectivity index (χ3n) is 13.0. The molecule has 0 spiro atoms. The van der Waals surface area contributed by atoms with Gasteiger partial charge in [0.15, 0.2) is 5.82 Å². The Morgan fingerprint density at radius 3 is 2.37 bits per heavy atom. The molecule has 2 N–H and O–H groups in total. The van der Waals surface area contributed by atoms with E-state index in [2.05, 4.69) is 40.2 Å². The van der Waals surface area contributed by atoms with Crippen molar-refractivity contribution in [2.45, 2.75) is 75.9 Å². The van der Waals surface area contributed by atoms with Gasteiger partial charge in [0, 0.05) is 61.3 Å². The Morgan fingerprint density at radius 1 is 1.00 bits per heavy atom. The lowest BCUT2D eigenvalue weighted by atomic mass is 9.91. The molecule has 5 aromatic heterocycles. The van der Waals surface area contributed by atoms with Gasteiger partial charge in [0.05, 0.1) is 39.0 Å². The van der Waals surface area contributed by atoms with Gasteiger partial charge in [0.2, 0.25) is 0 Å². The average Bonchev–Trinajstić information content (AvgIpc) is 3.75. The molecule has 7 heterocycles. The number of ether oxygens (including phenoxy) is 1. The van der Waals surface area contributed by atoms with Crippen molar-refractivity contribution >= 4 is 26.5 Å². The van der Waals surface area contributed by atoms with Crippen molar-refractivity contribution in [3.8, 4) is 17.2 Å². The van der Waals surface area contributed by atoms with Crippen LogP contribution in [0.15, 0.2) is 86.3 Å². The van der Waals surface area contributed by atoms with E-state index in [0.717, 1.165) is 23.7 Å². The SMILES string of the molecule is Cc1cc(-n2nc3c(c2-n2ccn(-c4ccc(S(C)(=N)=O)nc4)c2=O)[C@H](C)N(C(=O)c2cc4cc(C5CCOCC5)ccc4n2[C@@]2(c4noc(=O)[nH]4)C[C@@H]2C)CC3)cc(C)c1F. The number of imidazole rings is 1. The molecule has 18 heteroatoms. The van der Waals surface area contributed by atoms with Crippen LogP contribution in [0.25, 0.3) is 28.1 Å². The normalized spacial score (nSPS) is 21.3. The van der Waals surface area contributed by atoms with Gasteiger partial charge in [-0.3, -0.25) is 23.4 Å². The molecule has 0 bridgehead atoms. The van der Waals surface area contributed by atoms with E-state index in [-0.39, 0.29) is 22.7 Å². The summed E-state index contributed by atoms with van der Waals surface area (Å²) in [5.74, 6) is -0.176. The molecular formula is C44H45FN10O6S. The second-order valence-electron chi connectivity index (χ2n) is 17.0. The monoisotopic (exact) mass is 860 g/mol. The van der Waals surface area contributed by atoms with E-state index >= 15 is 9.18 Å². The molecule has 1 aliphatic carbocycles. The summed E-state index contributed by atoms with van der Waals surface area (Å²) in [5, 5.41) is 10.2. The zero-order chi connectivity index (χ0) is 43.4. The Labute approximate surface area is 354 Å². The van der Waals surface area contributed by atoms with Crippen molar-refractivity contribution in [2.24, 2.45) is 5.92 Å². The molecule has 2 fully saturated rings. The van der Waals surface area contributed by atoms with Gasteiger partial charge in [-0.25, -0.2) is 32.6 Å². The Kier molecular flexibility index (Phi) is 9.18. The zero-order valence-electron chi connectivity index (χ0n) is 34.8. The van der Waals surface area contributed by atoms with Gasteiger partial charge in [-0.15, -0.1) is 0 Å². The maximum atomic E-state index is 15.4. The molecule has 3 aliphatic rings. The first kappa shape index (κ1) is 39.7. The van der Waals surface area contributed by atoms with Gasteiger partial charge in [0.25, 0.3) is 5.91 Å². The van der Waals surface area contributed by atoms with Crippen LogP contribution in [0.3, 0.4) is 0 Å². The predicted molar refractivity (Wildman–Crippen MR) is 227 cm³/mol. The largest absolute Gasteiger partial charge is 0.438 e. The molecule has 1 amide bonds. The van der Waals surface area contributed by atoms with Crippen molar-refractivity contribution in [2.75, 3.05) is 26.0 Å². The highest BCUT2D eigenvalue weighted by Gasteiger charge is 2.59. The molecule has 10 rings (SSSR count). The van der Waals surface area contributed by atoms with Crippen LogP contribution in [0.4, 0.5) is 4.39 Å². The van der Waals surface area contributed by atoms with Crippen LogP contribution in [-0.4, -0.2) is 79.6 Å². The molecule has 4 atom stereocenters. The highest BCUT2D eigenvalue weighted by molar-refractivity contribution is 7.91. The number of carbonyl (C=O) groups is 1. The number of hydrogen-bond donors (Lipinski definition) is 2. The van der Waals surface area contributed by atoms with Crippen LogP contribution >= 0.6 is 0 Å². The minimum absolute atomic E-state index is 0.0127. The van der Waals surface area contributed by atoms with Crippen LogP contribution < -0.4 is 11.4 Å². The fourth-order valence-electron chi connectivity index (χ4n) is 9.69. The van der Waals surface area contributed by atoms with Gasteiger partial charge in [0.1, 0.15) is 27.9 Å². The molecule has 1 saturated heterocycles. The number of nitrogens with zero attached hydrogens (tertiary/aromatic N) is 8. The summed E-state index contributed by atoms with van der Waals surface area (Å²) >= 11 is 0. The van der Waals surface area contributed by atoms with E-state index in [0.29, 0.717) is 89.6 Å². The summed E-state index contributed by atoms with van der Waals surface area (Å²) in [5.41, 5.74) is 4.21. The zero-order valence-corrected chi connectivity index (χ0v) is 35.7. The predicted octanol–water partition coefficient (Wildman–Crippen LogP) is 6.07. The number of aromatic amines is 1. The van der Waals surface area contributed by atoms with Crippen LogP contribution in [0.1, 0.15) is 89.3 Å². The lowest BCUT2D eigenvalue weighted by molar-refractivity contribution is 0.0663. The number of H-pyrrole nitrogens is 1. The molecule has 62 heavy (non-hydrogen) atoms. The summed E-state index contributed by atoms with van der Waals surface area (Å²) in [4.78, 5) is 51.1. The Bertz CT molecular complexity index is 3160. The number of nitrogens with one attached hydrogen (secondary N) is 2. The number of fused-ring (bicyclic) bond motifs is 2. The number of carbonyl (C=O) groups excluding carboxylic acids is 1. The maximum absolute atomic E-state index is 15.4. The Hall–Kier alpha value is -6.40. The third kappa shape index (κ3) is 6.20. The molecule has 1 unspecified atom stereocenters. The maximum Gasteiger partial charge on any atom is 0.438 e. The molecule has 7 aromatic rings. The first-order valence-electron chi connectivity index (χ1n) is 20.7. The van der Waals surface area contributed by atoms with Crippen molar-refractivity contribution in [3.05, 3.63) is 133 Å². The quantitative estimate of drug-likeness (QED) is 0.183. The lowest BCUT2D eigenvalue weighted by Crippen LogP contribution is -2.41. The summed E-state index contributed by atoms with van der Waals surface area (Å²) in [6.45, 7) is 9.03. The lowest BCUT2D eigenvalue weighted by Gasteiger charge is -2.34. The topological polar surface area (TPSA) is 192 Å². The van der Waals surface area contributed by atoms with E-state index < -0.39 is 32.8 Å². The highest BCUT2D eigenvalue weighted by atomic mass is 32.2.